The number of ether oxygens (including phenoxy) is 1. The first-order chi connectivity index (χ1) is 8.78. The van der Waals surface area contributed by atoms with Gasteiger partial charge in [0.1, 0.15) is 5.01 Å². The summed E-state index contributed by atoms with van der Waals surface area (Å²) in [6.45, 7) is 4.80. The average molecular weight is 269 g/mol. The van der Waals surface area contributed by atoms with Crippen molar-refractivity contribution in [3.63, 3.8) is 0 Å². The molecule has 0 aromatic carbocycles. The van der Waals surface area contributed by atoms with E-state index in [2.05, 4.69) is 22.5 Å². The number of rotatable bonds is 5. The lowest BCUT2D eigenvalue weighted by Gasteiger charge is -2.23. The monoisotopic (exact) mass is 269 g/mol. The van der Waals surface area contributed by atoms with E-state index in [1.807, 2.05) is 6.20 Å². The third-order valence-corrected chi connectivity index (χ3v) is 3.96. The molecule has 0 saturated carbocycles. The van der Waals surface area contributed by atoms with E-state index in [9.17, 15) is 4.79 Å². The fraction of sp³-hybridized carbons (Fsp3) is 0.667. The molecule has 1 amide bonds. The highest BCUT2D eigenvalue weighted by atomic mass is 32.1. The van der Waals surface area contributed by atoms with Crippen molar-refractivity contribution in [2.75, 3.05) is 19.8 Å². The van der Waals surface area contributed by atoms with Gasteiger partial charge in [0.25, 0.3) is 0 Å². The van der Waals surface area contributed by atoms with E-state index in [1.165, 1.54) is 4.88 Å². The van der Waals surface area contributed by atoms with Crippen LogP contribution in [0.3, 0.4) is 0 Å². The molecule has 2 rings (SSSR count). The maximum atomic E-state index is 11.7. The molecule has 0 spiro atoms. The molecule has 1 aromatic rings. The molecule has 1 aromatic heterocycles. The molecule has 100 valence electrons. The van der Waals surface area contributed by atoms with Crippen molar-refractivity contribution in [1.29, 1.82) is 0 Å². The Labute approximate surface area is 111 Å². The van der Waals surface area contributed by atoms with Crippen LogP contribution in [-0.2, 0) is 22.5 Å². The van der Waals surface area contributed by atoms with Gasteiger partial charge in [0.15, 0.2) is 0 Å². The lowest BCUT2D eigenvalue weighted by molar-refractivity contribution is -0.122. The number of amides is 1. The molecular formula is C12H19N3O2S. The number of aryl methyl sites for hydroxylation is 1. The Morgan fingerprint density at radius 2 is 2.61 bits per heavy atom. The largest absolute Gasteiger partial charge is 0.378 e. The van der Waals surface area contributed by atoms with Crippen LogP contribution in [0.1, 0.15) is 23.2 Å². The molecular weight excluding hydrogens is 250 g/mol. The van der Waals surface area contributed by atoms with Gasteiger partial charge in [0.05, 0.1) is 19.8 Å². The fourth-order valence-corrected chi connectivity index (χ4v) is 2.62. The Bertz CT molecular complexity index is 388. The van der Waals surface area contributed by atoms with Crippen molar-refractivity contribution in [2.24, 2.45) is 0 Å². The zero-order valence-corrected chi connectivity index (χ0v) is 11.4. The zero-order valence-electron chi connectivity index (χ0n) is 10.6. The van der Waals surface area contributed by atoms with E-state index in [1.54, 1.807) is 11.3 Å². The summed E-state index contributed by atoms with van der Waals surface area (Å²) in [5, 5.41) is 7.13. The predicted octanol–water partition coefficient (Wildman–Crippen LogP) is 0.700. The molecule has 0 aliphatic carbocycles. The number of carbonyl (C=O) groups excluding carboxylic acids is 1. The van der Waals surface area contributed by atoms with E-state index < -0.39 is 0 Å². The van der Waals surface area contributed by atoms with Crippen LogP contribution in [0.2, 0.25) is 0 Å². The van der Waals surface area contributed by atoms with Crippen molar-refractivity contribution in [3.8, 4) is 0 Å². The van der Waals surface area contributed by atoms with Crippen LogP contribution >= 0.6 is 11.3 Å². The fourth-order valence-electron chi connectivity index (χ4n) is 1.81. The Morgan fingerprint density at radius 3 is 3.28 bits per heavy atom. The molecule has 0 radical (unpaired) electrons. The summed E-state index contributed by atoms with van der Waals surface area (Å²) in [4.78, 5) is 17.3. The first kappa shape index (κ1) is 13.5. The van der Waals surface area contributed by atoms with Gasteiger partial charge in [-0.25, -0.2) is 4.98 Å². The summed E-state index contributed by atoms with van der Waals surface area (Å²) in [5.41, 5.74) is 0. The SMILES string of the molecule is CCc1cnc(CNC(=O)CC2COCCN2)s1. The molecule has 2 heterocycles. The molecule has 18 heavy (non-hydrogen) atoms. The van der Waals surface area contributed by atoms with Crippen molar-refractivity contribution < 1.29 is 9.53 Å². The second-order valence-electron chi connectivity index (χ2n) is 4.28. The summed E-state index contributed by atoms with van der Waals surface area (Å²) in [7, 11) is 0. The quantitative estimate of drug-likeness (QED) is 0.826. The third-order valence-electron chi connectivity index (χ3n) is 2.82. The second kappa shape index (κ2) is 6.82. The van der Waals surface area contributed by atoms with Crippen LogP contribution in [0.4, 0.5) is 0 Å². The third kappa shape index (κ3) is 4.04. The van der Waals surface area contributed by atoms with E-state index in [-0.39, 0.29) is 11.9 Å². The van der Waals surface area contributed by atoms with Gasteiger partial charge in [0, 0.05) is 30.1 Å². The Kier molecular flexibility index (Phi) is 5.10. The zero-order chi connectivity index (χ0) is 12.8. The topological polar surface area (TPSA) is 63.2 Å². The van der Waals surface area contributed by atoms with E-state index >= 15 is 0 Å². The van der Waals surface area contributed by atoms with Gasteiger partial charge in [0.2, 0.25) is 5.91 Å². The molecule has 1 atom stereocenters. The van der Waals surface area contributed by atoms with Crippen molar-refractivity contribution in [2.45, 2.75) is 32.4 Å². The van der Waals surface area contributed by atoms with Crippen LogP contribution in [0.25, 0.3) is 0 Å². The number of carbonyl (C=O) groups is 1. The van der Waals surface area contributed by atoms with E-state index in [0.29, 0.717) is 19.6 Å². The highest BCUT2D eigenvalue weighted by molar-refractivity contribution is 7.11. The summed E-state index contributed by atoms with van der Waals surface area (Å²) >= 11 is 1.65. The summed E-state index contributed by atoms with van der Waals surface area (Å²) in [6, 6.07) is 0.140. The smallest absolute Gasteiger partial charge is 0.222 e. The number of thiazole rings is 1. The molecule has 0 bridgehead atoms. The van der Waals surface area contributed by atoms with Gasteiger partial charge >= 0.3 is 0 Å². The van der Waals surface area contributed by atoms with Crippen molar-refractivity contribution >= 4 is 17.2 Å². The highest BCUT2D eigenvalue weighted by Gasteiger charge is 2.16. The molecule has 1 fully saturated rings. The van der Waals surface area contributed by atoms with Gasteiger partial charge in [-0.15, -0.1) is 11.3 Å². The lowest BCUT2D eigenvalue weighted by atomic mass is 10.2. The van der Waals surface area contributed by atoms with Crippen molar-refractivity contribution in [1.82, 2.24) is 15.6 Å². The number of nitrogens with zero attached hydrogens (tertiary/aromatic N) is 1. The normalized spacial score (nSPS) is 19.7. The number of hydrogen-bond donors (Lipinski definition) is 2. The molecule has 1 aliphatic heterocycles. The van der Waals surface area contributed by atoms with Crippen LogP contribution < -0.4 is 10.6 Å². The molecule has 1 unspecified atom stereocenters. The lowest BCUT2D eigenvalue weighted by Crippen LogP contribution is -2.44. The molecule has 6 heteroatoms. The van der Waals surface area contributed by atoms with Crippen LogP contribution in [0, 0.1) is 0 Å². The summed E-state index contributed by atoms with van der Waals surface area (Å²) in [5.74, 6) is 0.0475. The first-order valence-corrected chi connectivity index (χ1v) is 7.11. The minimum absolute atomic E-state index is 0.0475. The predicted molar refractivity (Wildman–Crippen MR) is 70.6 cm³/mol. The van der Waals surface area contributed by atoms with Crippen LogP contribution in [0.15, 0.2) is 6.20 Å². The molecule has 5 nitrogen and oxygen atoms in total. The molecule has 2 N–H and O–H groups in total. The van der Waals surface area contributed by atoms with E-state index in [4.69, 9.17) is 4.74 Å². The number of nitrogens with one attached hydrogen (secondary N) is 2. The van der Waals surface area contributed by atoms with Crippen molar-refractivity contribution in [3.05, 3.63) is 16.1 Å². The van der Waals surface area contributed by atoms with Gasteiger partial charge in [-0.3, -0.25) is 4.79 Å². The first-order valence-electron chi connectivity index (χ1n) is 6.29. The van der Waals surface area contributed by atoms with Gasteiger partial charge in [-0.2, -0.15) is 0 Å². The minimum atomic E-state index is 0.0475. The summed E-state index contributed by atoms with van der Waals surface area (Å²) in [6.07, 6.45) is 3.34. The van der Waals surface area contributed by atoms with Crippen LogP contribution in [-0.4, -0.2) is 36.7 Å². The Morgan fingerprint density at radius 1 is 1.72 bits per heavy atom. The number of aromatic nitrogens is 1. The highest BCUT2D eigenvalue weighted by Crippen LogP contribution is 2.12. The van der Waals surface area contributed by atoms with Crippen LogP contribution in [0.5, 0.6) is 0 Å². The molecule has 1 saturated heterocycles. The van der Waals surface area contributed by atoms with E-state index in [0.717, 1.165) is 24.6 Å². The Balaban J connectivity index is 1.70. The van der Waals surface area contributed by atoms with Gasteiger partial charge in [-0.05, 0) is 6.42 Å². The second-order valence-corrected chi connectivity index (χ2v) is 5.48. The standard InChI is InChI=1S/C12H19N3O2S/c1-2-10-6-15-12(18-10)7-14-11(16)5-9-8-17-4-3-13-9/h6,9,13H,2-5,7-8H2,1H3,(H,14,16). The maximum Gasteiger partial charge on any atom is 0.222 e. The minimum Gasteiger partial charge on any atom is -0.378 e. The average Bonchev–Trinajstić information content (AvgIpc) is 2.85. The Hall–Kier alpha value is -0.980. The number of hydrogen-bond acceptors (Lipinski definition) is 5. The molecule has 1 aliphatic rings. The maximum absolute atomic E-state index is 11.7. The van der Waals surface area contributed by atoms with Gasteiger partial charge < -0.3 is 15.4 Å². The number of morpholine rings is 1. The van der Waals surface area contributed by atoms with Gasteiger partial charge in [-0.1, -0.05) is 6.92 Å². The summed E-state index contributed by atoms with van der Waals surface area (Å²) < 4.78 is 5.31.